The molecule has 0 aromatic carbocycles. The molecular formula is C5H10INO2S2. The van der Waals surface area contributed by atoms with E-state index in [1.165, 1.54) is 0 Å². The standard InChI is InChI=1S/C5H10INO2S2/c6-5(8)9-2-4-11-10-3-1-7/h1-4,7H2. The van der Waals surface area contributed by atoms with Gasteiger partial charge in [-0.05, 0) is 0 Å². The maximum atomic E-state index is 10.3. The highest BCUT2D eigenvalue weighted by Gasteiger charge is 1.94. The summed E-state index contributed by atoms with van der Waals surface area (Å²) in [4.78, 5) is 10.3. The van der Waals surface area contributed by atoms with Gasteiger partial charge in [-0.3, -0.25) is 0 Å². The van der Waals surface area contributed by atoms with Crippen molar-refractivity contribution in [3.63, 3.8) is 0 Å². The van der Waals surface area contributed by atoms with E-state index in [-0.39, 0.29) is 3.98 Å². The van der Waals surface area contributed by atoms with Gasteiger partial charge >= 0.3 is 3.98 Å². The van der Waals surface area contributed by atoms with Gasteiger partial charge in [-0.15, -0.1) is 0 Å². The summed E-state index contributed by atoms with van der Waals surface area (Å²) in [6.45, 7) is 1.19. The van der Waals surface area contributed by atoms with Crippen LogP contribution >= 0.6 is 44.2 Å². The van der Waals surface area contributed by atoms with Crippen molar-refractivity contribution in [3.05, 3.63) is 0 Å². The number of ether oxygens (including phenoxy) is 1. The lowest BCUT2D eigenvalue weighted by atomic mass is 10.8. The van der Waals surface area contributed by atoms with Crippen LogP contribution in [0.1, 0.15) is 0 Å². The Bertz CT molecular complexity index is 115. The van der Waals surface area contributed by atoms with Gasteiger partial charge < -0.3 is 10.5 Å². The van der Waals surface area contributed by atoms with Crippen molar-refractivity contribution in [3.8, 4) is 0 Å². The van der Waals surface area contributed by atoms with Crippen LogP contribution in [0, 0.1) is 0 Å². The predicted molar refractivity (Wildman–Crippen MR) is 59.3 cm³/mol. The minimum absolute atomic E-state index is 0.243. The summed E-state index contributed by atoms with van der Waals surface area (Å²) in [5, 5.41) is 0. The molecular weight excluding hydrogens is 297 g/mol. The van der Waals surface area contributed by atoms with Gasteiger partial charge in [0, 0.05) is 18.1 Å². The number of hydrogen-bond acceptors (Lipinski definition) is 5. The van der Waals surface area contributed by atoms with Crippen molar-refractivity contribution in [2.24, 2.45) is 5.73 Å². The number of carbonyl (C=O) groups is 1. The molecule has 0 fully saturated rings. The van der Waals surface area contributed by atoms with Crippen molar-refractivity contribution in [1.82, 2.24) is 0 Å². The van der Waals surface area contributed by atoms with E-state index in [0.29, 0.717) is 13.2 Å². The molecule has 3 nitrogen and oxygen atoms in total. The average molecular weight is 307 g/mol. The van der Waals surface area contributed by atoms with Crippen LogP contribution in [0.4, 0.5) is 4.79 Å². The Kier molecular flexibility index (Phi) is 9.65. The van der Waals surface area contributed by atoms with Crippen LogP contribution in [0.3, 0.4) is 0 Å². The number of nitrogens with two attached hydrogens (primary N) is 1. The molecule has 0 bridgehead atoms. The number of rotatable bonds is 6. The van der Waals surface area contributed by atoms with Crippen molar-refractivity contribution in [2.45, 2.75) is 0 Å². The first-order valence-electron chi connectivity index (χ1n) is 3.04. The Morgan fingerprint density at radius 3 is 2.64 bits per heavy atom. The van der Waals surface area contributed by atoms with Gasteiger partial charge in [-0.25, -0.2) is 4.79 Å². The third-order valence-electron chi connectivity index (χ3n) is 0.667. The molecule has 11 heavy (non-hydrogen) atoms. The highest BCUT2D eigenvalue weighted by Crippen LogP contribution is 2.19. The van der Waals surface area contributed by atoms with Crippen LogP contribution in [0.5, 0.6) is 0 Å². The average Bonchev–Trinajstić information content (AvgIpc) is 1.96. The Labute approximate surface area is 87.7 Å². The molecule has 0 heterocycles. The first-order chi connectivity index (χ1) is 5.27. The summed E-state index contributed by atoms with van der Waals surface area (Å²) in [5.74, 6) is 1.78. The maximum Gasteiger partial charge on any atom is 0.367 e. The molecule has 0 rings (SSSR count). The van der Waals surface area contributed by atoms with Gasteiger partial charge in [0.15, 0.2) is 0 Å². The van der Waals surface area contributed by atoms with Gasteiger partial charge in [0.2, 0.25) is 0 Å². The van der Waals surface area contributed by atoms with Crippen LogP contribution in [0.15, 0.2) is 0 Å². The Balaban J connectivity index is 2.85. The zero-order valence-corrected chi connectivity index (χ0v) is 9.71. The lowest BCUT2D eigenvalue weighted by molar-refractivity contribution is 0.186. The Morgan fingerprint density at radius 1 is 1.45 bits per heavy atom. The van der Waals surface area contributed by atoms with Crippen LogP contribution in [0.25, 0.3) is 0 Å². The van der Waals surface area contributed by atoms with E-state index in [1.807, 2.05) is 0 Å². The molecule has 0 aromatic heterocycles. The van der Waals surface area contributed by atoms with Gasteiger partial charge in [0.25, 0.3) is 0 Å². The lowest BCUT2D eigenvalue weighted by Crippen LogP contribution is -2.01. The fourth-order valence-corrected chi connectivity index (χ4v) is 2.23. The van der Waals surface area contributed by atoms with Crippen LogP contribution in [-0.4, -0.2) is 28.6 Å². The first-order valence-corrected chi connectivity index (χ1v) is 6.60. The Morgan fingerprint density at radius 2 is 2.09 bits per heavy atom. The van der Waals surface area contributed by atoms with Crippen LogP contribution < -0.4 is 5.73 Å². The first kappa shape index (κ1) is 11.9. The molecule has 0 aromatic rings. The quantitative estimate of drug-likeness (QED) is 0.351. The summed E-state index contributed by atoms with van der Waals surface area (Å²) in [7, 11) is 3.38. The lowest BCUT2D eigenvalue weighted by Gasteiger charge is -1.99. The second-order valence-corrected chi connectivity index (χ2v) is 5.10. The largest absolute Gasteiger partial charge is 0.457 e. The number of hydrogen-bond donors (Lipinski definition) is 1. The molecule has 0 unspecified atom stereocenters. The van der Waals surface area contributed by atoms with Gasteiger partial charge in [-0.1, -0.05) is 21.6 Å². The summed E-state index contributed by atoms with van der Waals surface area (Å²) < 4.78 is 4.46. The normalized spacial score (nSPS) is 9.64. The molecule has 0 radical (unpaired) electrons. The van der Waals surface area contributed by atoms with Crippen molar-refractivity contribution >= 4 is 48.2 Å². The van der Waals surface area contributed by atoms with Crippen molar-refractivity contribution in [2.75, 3.05) is 24.7 Å². The fraction of sp³-hybridized carbons (Fsp3) is 0.800. The summed E-state index contributed by atoms with van der Waals surface area (Å²) in [6.07, 6.45) is 0. The smallest absolute Gasteiger partial charge is 0.367 e. The number of halogens is 1. The molecule has 2 N–H and O–H groups in total. The zero-order chi connectivity index (χ0) is 8.53. The van der Waals surface area contributed by atoms with Crippen molar-refractivity contribution < 1.29 is 9.53 Å². The predicted octanol–water partition coefficient (Wildman–Crippen LogP) is 1.90. The zero-order valence-electron chi connectivity index (χ0n) is 5.92. The van der Waals surface area contributed by atoms with Crippen LogP contribution in [-0.2, 0) is 4.74 Å². The molecule has 0 aliphatic heterocycles. The molecule has 0 spiro atoms. The van der Waals surface area contributed by atoms with E-state index in [0.717, 1.165) is 11.5 Å². The maximum absolute atomic E-state index is 10.3. The topological polar surface area (TPSA) is 52.3 Å². The van der Waals surface area contributed by atoms with E-state index >= 15 is 0 Å². The summed E-state index contributed by atoms with van der Waals surface area (Å²) >= 11 is 1.61. The molecule has 66 valence electrons. The summed E-state index contributed by atoms with van der Waals surface area (Å²) in [5.41, 5.74) is 5.27. The minimum Gasteiger partial charge on any atom is -0.457 e. The monoisotopic (exact) mass is 307 g/mol. The van der Waals surface area contributed by atoms with E-state index in [9.17, 15) is 4.79 Å². The second kappa shape index (κ2) is 8.95. The van der Waals surface area contributed by atoms with Crippen molar-refractivity contribution in [1.29, 1.82) is 0 Å². The SMILES string of the molecule is NCCSSCCOC(=O)I. The third-order valence-corrected chi connectivity index (χ3v) is 3.38. The molecule has 0 amide bonds. The Hall–Kier alpha value is 0.860. The van der Waals surface area contributed by atoms with E-state index in [4.69, 9.17) is 10.5 Å². The molecule has 0 aliphatic carbocycles. The van der Waals surface area contributed by atoms with E-state index < -0.39 is 0 Å². The minimum atomic E-state index is -0.243. The van der Waals surface area contributed by atoms with Gasteiger partial charge in [0.05, 0.1) is 22.6 Å². The van der Waals surface area contributed by atoms with Gasteiger partial charge in [0.1, 0.15) is 6.61 Å². The van der Waals surface area contributed by atoms with Crippen LogP contribution in [0.2, 0.25) is 0 Å². The van der Waals surface area contributed by atoms with E-state index in [1.54, 1.807) is 44.2 Å². The fourth-order valence-electron chi connectivity index (χ4n) is 0.322. The second-order valence-electron chi connectivity index (χ2n) is 1.52. The molecule has 0 atom stereocenters. The summed E-state index contributed by atoms with van der Waals surface area (Å²) in [6, 6.07) is 0. The molecule has 0 saturated carbocycles. The van der Waals surface area contributed by atoms with E-state index in [2.05, 4.69) is 0 Å². The molecule has 0 aliphatic rings. The molecule has 0 saturated heterocycles. The number of carbonyl (C=O) groups excluding carboxylic acids is 1. The third kappa shape index (κ3) is 10.9. The molecule has 6 heteroatoms. The highest BCUT2D eigenvalue weighted by molar-refractivity contribution is 14.1. The highest BCUT2D eigenvalue weighted by atomic mass is 127. The van der Waals surface area contributed by atoms with Gasteiger partial charge in [-0.2, -0.15) is 0 Å².